The first-order valence-corrected chi connectivity index (χ1v) is 12.4. The van der Waals surface area contributed by atoms with Crippen LogP contribution < -0.4 is 16.0 Å². The van der Waals surface area contributed by atoms with E-state index in [2.05, 4.69) is 27.4 Å². The molecule has 8 nitrogen and oxygen atoms in total. The van der Waals surface area contributed by atoms with Gasteiger partial charge in [0.25, 0.3) is 5.91 Å². The van der Waals surface area contributed by atoms with Crippen molar-refractivity contribution in [1.82, 2.24) is 19.9 Å². The molecule has 0 spiro atoms. The van der Waals surface area contributed by atoms with Gasteiger partial charge in [0.1, 0.15) is 17.5 Å². The molecular formula is C28H28F3N7O. The van der Waals surface area contributed by atoms with Gasteiger partial charge in [-0.05, 0) is 54.8 Å². The maximum absolute atomic E-state index is 13.4. The lowest BCUT2D eigenvalue weighted by Crippen LogP contribution is -2.27. The summed E-state index contributed by atoms with van der Waals surface area (Å²) >= 11 is 0. The number of carbonyl (C=O) groups is 1. The van der Waals surface area contributed by atoms with Crippen LogP contribution >= 0.6 is 0 Å². The van der Waals surface area contributed by atoms with Crippen LogP contribution in [0.3, 0.4) is 0 Å². The quantitative estimate of drug-likeness (QED) is 0.333. The first kappa shape index (κ1) is 26.2. The summed E-state index contributed by atoms with van der Waals surface area (Å²) in [7, 11) is 3.33. The zero-order chi connectivity index (χ0) is 28.1. The molecule has 0 unspecified atom stereocenters. The SMILES string of the molecule is Cc1nc(N[C@H](C)c2cc(N)cc(C(F)(F)F)c2)c2cc(C(=O)N(C)C)c(N3Cc4ccccc4C3)nc2n1. The molecule has 0 radical (unpaired) electrons. The topological polar surface area (TPSA) is 100 Å². The summed E-state index contributed by atoms with van der Waals surface area (Å²) in [5.41, 5.74) is 8.39. The van der Waals surface area contributed by atoms with Crippen LogP contribution in [0.25, 0.3) is 11.0 Å². The van der Waals surface area contributed by atoms with Crippen molar-refractivity contribution < 1.29 is 18.0 Å². The average molecular weight is 536 g/mol. The first-order valence-electron chi connectivity index (χ1n) is 12.4. The number of nitrogens with two attached hydrogens (primary N) is 1. The normalized spacial score (nSPS) is 13.9. The van der Waals surface area contributed by atoms with E-state index in [1.165, 1.54) is 11.0 Å². The van der Waals surface area contributed by atoms with Crippen LogP contribution in [0.15, 0.2) is 48.5 Å². The molecule has 4 aromatic rings. The van der Waals surface area contributed by atoms with Gasteiger partial charge in [-0.25, -0.2) is 15.0 Å². The van der Waals surface area contributed by atoms with E-state index >= 15 is 0 Å². The minimum Gasteiger partial charge on any atom is -0.399 e. The van der Waals surface area contributed by atoms with Crippen molar-refractivity contribution in [3.05, 3.63) is 82.2 Å². The van der Waals surface area contributed by atoms with Crippen LogP contribution in [0.5, 0.6) is 0 Å². The van der Waals surface area contributed by atoms with Crippen molar-refractivity contribution in [3.8, 4) is 0 Å². The van der Waals surface area contributed by atoms with Gasteiger partial charge in [0.05, 0.1) is 22.6 Å². The number of nitrogen functional groups attached to an aromatic ring is 1. The number of hydrogen-bond donors (Lipinski definition) is 2. The second-order valence-corrected chi connectivity index (χ2v) is 9.93. The van der Waals surface area contributed by atoms with E-state index in [9.17, 15) is 18.0 Å². The number of hydrogen-bond acceptors (Lipinski definition) is 7. The van der Waals surface area contributed by atoms with Crippen molar-refractivity contribution in [2.45, 2.75) is 39.2 Å². The standard InChI is InChI=1S/C28H28F3N7O/c1-15(19-9-20(28(29,30)31)11-21(32)10-19)33-24-22-12-23(27(39)37(3)4)26(36-25(22)35-16(2)34-24)38-13-17-7-5-6-8-18(17)14-38/h5-12,15H,13-14,32H2,1-4H3,(H,33,34,35,36)/t15-/m1/s1. The van der Waals surface area contributed by atoms with Gasteiger partial charge in [0.15, 0.2) is 5.65 Å². The number of rotatable bonds is 5. The van der Waals surface area contributed by atoms with Crippen LogP contribution in [0.1, 0.15) is 51.4 Å². The predicted octanol–water partition coefficient (Wildman–Crippen LogP) is 5.33. The monoisotopic (exact) mass is 535 g/mol. The van der Waals surface area contributed by atoms with E-state index in [-0.39, 0.29) is 11.6 Å². The van der Waals surface area contributed by atoms with Crippen LogP contribution in [-0.4, -0.2) is 39.9 Å². The number of pyridine rings is 1. The Bertz CT molecular complexity index is 1560. The lowest BCUT2D eigenvalue weighted by atomic mass is 10.0. The fourth-order valence-corrected chi connectivity index (χ4v) is 4.76. The Morgan fingerprint density at radius 2 is 1.72 bits per heavy atom. The second-order valence-electron chi connectivity index (χ2n) is 9.93. The zero-order valence-corrected chi connectivity index (χ0v) is 22.0. The fourth-order valence-electron chi connectivity index (χ4n) is 4.76. The van der Waals surface area contributed by atoms with Crippen molar-refractivity contribution in [2.75, 3.05) is 30.0 Å². The molecule has 3 N–H and O–H groups in total. The van der Waals surface area contributed by atoms with Gasteiger partial charge in [0, 0.05) is 32.9 Å². The molecule has 202 valence electrons. The smallest absolute Gasteiger partial charge is 0.399 e. The molecule has 0 saturated heterocycles. The summed E-state index contributed by atoms with van der Waals surface area (Å²) in [5, 5.41) is 3.68. The minimum atomic E-state index is -4.53. The number of fused-ring (bicyclic) bond motifs is 2. The summed E-state index contributed by atoms with van der Waals surface area (Å²) in [6.45, 7) is 4.63. The molecule has 1 atom stereocenters. The van der Waals surface area contributed by atoms with Crippen LogP contribution in [0.4, 0.5) is 30.5 Å². The predicted molar refractivity (Wildman–Crippen MR) is 144 cm³/mol. The number of halogens is 3. The largest absolute Gasteiger partial charge is 0.416 e. The van der Waals surface area contributed by atoms with Gasteiger partial charge >= 0.3 is 6.18 Å². The van der Waals surface area contributed by atoms with Gasteiger partial charge in [-0.1, -0.05) is 24.3 Å². The molecule has 2 aromatic carbocycles. The van der Waals surface area contributed by atoms with Gasteiger partial charge in [-0.15, -0.1) is 0 Å². The maximum atomic E-state index is 13.4. The Morgan fingerprint density at radius 1 is 1.05 bits per heavy atom. The molecule has 11 heteroatoms. The molecule has 1 aliphatic rings. The highest BCUT2D eigenvalue weighted by molar-refractivity contribution is 6.03. The molecule has 39 heavy (non-hydrogen) atoms. The number of nitrogens with one attached hydrogen (secondary N) is 1. The highest BCUT2D eigenvalue weighted by atomic mass is 19.4. The number of aromatic nitrogens is 3. The van der Waals surface area contributed by atoms with E-state index < -0.39 is 17.8 Å². The summed E-state index contributed by atoms with van der Waals surface area (Å²) < 4.78 is 40.2. The molecule has 0 saturated carbocycles. The number of amides is 1. The third kappa shape index (κ3) is 5.16. The molecule has 3 heterocycles. The lowest BCUT2D eigenvalue weighted by Gasteiger charge is -2.23. The minimum absolute atomic E-state index is 0.00832. The van der Waals surface area contributed by atoms with Crippen LogP contribution in [-0.2, 0) is 19.3 Å². The number of anilines is 3. The summed E-state index contributed by atoms with van der Waals surface area (Å²) in [6, 6.07) is 12.6. The molecule has 2 aromatic heterocycles. The van der Waals surface area contributed by atoms with Crippen LogP contribution in [0, 0.1) is 6.92 Å². The van der Waals surface area contributed by atoms with Gasteiger partial charge in [-0.2, -0.15) is 13.2 Å². The molecule has 1 amide bonds. The zero-order valence-electron chi connectivity index (χ0n) is 22.0. The number of carbonyl (C=O) groups excluding carboxylic acids is 1. The van der Waals surface area contributed by atoms with E-state index in [1.54, 1.807) is 34.0 Å². The van der Waals surface area contributed by atoms with E-state index in [0.29, 0.717) is 52.7 Å². The molecule has 0 aliphatic carbocycles. The maximum Gasteiger partial charge on any atom is 0.416 e. The number of alkyl halides is 3. The Hall–Kier alpha value is -4.41. The lowest BCUT2D eigenvalue weighted by molar-refractivity contribution is -0.137. The molecule has 0 bridgehead atoms. The summed E-state index contributed by atoms with van der Waals surface area (Å²) in [4.78, 5) is 30.7. The third-order valence-corrected chi connectivity index (χ3v) is 6.71. The molecule has 1 aliphatic heterocycles. The second kappa shape index (κ2) is 9.72. The van der Waals surface area contributed by atoms with E-state index in [1.807, 2.05) is 17.0 Å². The molecular weight excluding hydrogens is 507 g/mol. The Kier molecular flexibility index (Phi) is 6.53. The van der Waals surface area contributed by atoms with E-state index in [4.69, 9.17) is 10.7 Å². The van der Waals surface area contributed by atoms with E-state index in [0.717, 1.165) is 23.3 Å². The molecule has 5 rings (SSSR count). The Morgan fingerprint density at radius 3 is 2.33 bits per heavy atom. The van der Waals surface area contributed by atoms with Crippen molar-refractivity contribution in [2.24, 2.45) is 0 Å². The van der Waals surface area contributed by atoms with Gasteiger partial charge in [0.2, 0.25) is 0 Å². The molecule has 0 fully saturated rings. The highest BCUT2D eigenvalue weighted by Crippen LogP contribution is 2.36. The van der Waals surface area contributed by atoms with Crippen LogP contribution in [0.2, 0.25) is 0 Å². The van der Waals surface area contributed by atoms with Gasteiger partial charge in [-0.3, -0.25) is 4.79 Å². The summed E-state index contributed by atoms with van der Waals surface area (Å²) in [5.74, 6) is 1.06. The third-order valence-electron chi connectivity index (χ3n) is 6.71. The summed E-state index contributed by atoms with van der Waals surface area (Å²) in [6.07, 6.45) is -4.53. The first-order chi connectivity index (χ1) is 18.4. The average Bonchev–Trinajstić information content (AvgIpc) is 3.31. The van der Waals surface area contributed by atoms with Crippen molar-refractivity contribution in [3.63, 3.8) is 0 Å². The number of nitrogens with zero attached hydrogens (tertiary/aromatic N) is 5. The Labute approximate surface area is 223 Å². The number of benzene rings is 2. The van der Waals surface area contributed by atoms with Crippen molar-refractivity contribution in [1.29, 1.82) is 0 Å². The van der Waals surface area contributed by atoms with Crippen molar-refractivity contribution >= 4 is 34.3 Å². The van der Waals surface area contributed by atoms with Gasteiger partial charge < -0.3 is 20.9 Å². The highest BCUT2D eigenvalue weighted by Gasteiger charge is 2.32. The fraction of sp³-hybridized carbons (Fsp3) is 0.286. The number of aryl methyl sites for hydroxylation is 1. The Balaban J connectivity index is 1.58.